The molecule has 2 heteroatoms. The first-order valence-corrected chi connectivity index (χ1v) is 7.64. The van der Waals surface area contributed by atoms with E-state index >= 15 is 0 Å². The molecular weight excluding hydrogens is 248 g/mol. The van der Waals surface area contributed by atoms with E-state index in [1.807, 2.05) is 18.2 Å². The molecule has 0 spiro atoms. The topological polar surface area (TPSA) is 37.3 Å². The van der Waals surface area contributed by atoms with Crippen LogP contribution in [0.5, 0.6) is 0 Å². The van der Waals surface area contributed by atoms with Crippen LogP contribution in [0.3, 0.4) is 0 Å². The van der Waals surface area contributed by atoms with Gasteiger partial charge in [-0.05, 0) is 48.5 Å². The molecule has 0 radical (unpaired) electrons. The lowest BCUT2D eigenvalue weighted by molar-refractivity contribution is -0.146. The molecule has 0 aliphatic heterocycles. The summed E-state index contributed by atoms with van der Waals surface area (Å²) in [6, 6.07) is 10.3. The Morgan fingerprint density at radius 1 is 1.20 bits per heavy atom. The zero-order chi connectivity index (χ0) is 14.8. The van der Waals surface area contributed by atoms with Gasteiger partial charge in [0.2, 0.25) is 0 Å². The molecule has 3 atom stereocenters. The minimum Gasteiger partial charge on any atom is -0.481 e. The Bertz CT molecular complexity index is 444. The summed E-state index contributed by atoms with van der Waals surface area (Å²) in [6.45, 7) is 6.83. The lowest BCUT2D eigenvalue weighted by Gasteiger charge is -2.40. The van der Waals surface area contributed by atoms with Gasteiger partial charge in [0.15, 0.2) is 0 Å². The lowest BCUT2D eigenvalue weighted by Crippen LogP contribution is -2.36. The van der Waals surface area contributed by atoms with E-state index in [9.17, 15) is 9.90 Å². The average molecular weight is 274 g/mol. The number of aliphatic carboxylic acids is 1. The quantitative estimate of drug-likeness (QED) is 0.887. The van der Waals surface area contributed by atoms with Crippen molar-refractivity contribution in [3.63, 3.8) is 0 Å². The van der Waals surface area contributed by atoms with Crippen LogP contribution < -0.4 is 0 Å². The molecule has 1 aromatic rings. The molecule has 2 rings (SSSR count). The zero-order valence-electron chi connectivity index (χ0n) is 12.8. The van der Waals surface area contributed by atoms with E-state index in [1.165, 1.54) is 5.56 Å². The molecular formula is C18H26O2. The first-order chi connectivity index (χ1) is 9.38. The van der Waals surface area contributed by atoms with Gasteiger partial charge in [0.1, 0.15) is 0 Å². The van der Waals surface area contributed by atoms with Gasteiger partial charge >= 0.3 is 5.97 Å². The van der Waals surface area contributed by atoms with E-state index in [4.69, 9.17) is 0 Å². The summed E-state index contributed by atoms with van der Waals surface area (Å²) in [5.74, 6) is 0.117. The number of carboxylic acids is 1. The fourth-order valence-corrected chi connectivity index (χ4v) is 3.52. The van der Waals surface area contributed by atoms with Crippen LogP contribution >= 0.6 is 0 Å². The maximum Gasteiger partial charge on any atom is 0.306 e. The highest BCUT2D eigenvalue weighted by atomic mass is 16.4. The molecule has 0 heterocycles. The van der Waals surface area contributed by atoms with E-state index < -0.39 is 5.97 Å². The second-order valence-corrected chi connectivity index (χ2v) is 7.27. The van der Waals surface area contributed by atoms with Crippen molar-refractivity contribution in [1.29, 1.82) is 0 Å². The van der Waals surface area contributed by atoms with Crippen LogP contribution in [0.15, 0.2) is 30.3 Å². The van der Waals surface area contributed by atoms with Crippen LogP contribution in [0, 0.1) is 23.2 Å². The maximum absolute atomic E-state index is 11.5. The molecule has 0 amide bonds. The fourth-order valence-electron chi connectivity index (χ4n) is 3.52. The van der Waals surface area contributed by atoms with Crippen LogP contribution in [0.4, 0.5) is 0 Å². The van der Waals surface area contributed by atoms with Crippen molar-refractivity contribution in [2.45, 2.75) is 46.5 Å². The average Bonchev–Trinajstić information content (AvgIpc) is 2.38. The predicted molar refractivity (Wildman–Crippen MR) is 81.6 cm³/mol. The first-order valence-electron chi connectivity index (χ1n) is 7.64. The number of carboxylic acid groups (broad SMARTS) is 1. The number of rotatable bonds is 3. The smallest absolute Gasteiger partial charge is 0.306 e. The normalized spacial score (nSPS) is 27.2. The van der Waals surface area contributed by atoms with Crippen LogP contribution in [-0.4, -0.2) is 11.1 Å². The minimum atomic E-state index is -0.613. The van der Waals surface area contributed by atoms with Crippen molar-refractivity contribution in [3.05, 3.63) is 35.9 Å². The Morgan fingerprint density at radius 3 is 2.40 bits per heavy atom. The van der Waals surface area contributed by atoms with Gasteiger partial charge in [-0.15, -0.1) is 0 Å². The summed E-state index contributed by atoms with van der Waals surface area (Å²) >= 11 is 0. The van der Waals surface area contributed by atoms with Gasteiger partial charge < -0.3 is 5.11 Å². The maximum atomic E-state index is 11.5. The molecule has 2 nitrogen and oxygen atoms in total. The second-order valence-electron chi connectivity index (χ2n) is 7.27. The third-order valence-corrected chi connectivity index (χ3v) is 4.87. The van der Waals surface area contributed by atoms with Gasteiger partial charge in [-0.3, -0.25) is 4.79 Å². The third-order valence-electron chi connectivity index (χ3n) is 4.87. The molecule has 1 saturated carbocycles. The molecule has 1 aliphatic carbocycles. The largest absolute Gasteiger partial charge is 0.481 e. The lowest BCUT2D eigenvalue weighted by atomic mass is 9.64. The molecule has 0 saturated heterocycles. The molecule has 20 heavy (non-hydrogen) atoms. The minimum absolute atomic E-state index is 0.172. The van der Waals surface area contributed by atoms with E-state index in [0.29, 0.717) is 5.92 Å². The Labute approximate surface area is 122 Å². The Kier molecular flexibility index (Phi) is 4.52. The summed E-state index contributed by atoms with van der Waals surface area (Å²) in [5, 5.41) is 9.48. The van der Waals surface area contributed by atoms with Crippen molar-refractivity contribution in [2.24, 2.45) is 23.2 Å². The summed E-state index contributed by atoms with van der Waals surface area (Å²) in [4.78, 5) is 11.5. The SMILES string of the molecule is CC(C)(C)C1CCC(C(=O)O)C(Cc2ccccc2)C1. The number of carbonyl (C=O) groups is 1. The van der Waals surface area contributed by atoms with Crippen molar-refractivity contribution in [3.8, 4) is 0 Å². The highest BCUT2D eigenvalue weighted by molar-refractivity contribution is 5.70. The van der Waals surface area contributed by atoms with Gasteiger partial charge in [0, 0.05) is 0 Å². The van der Waals surface area contributed by atoms with Gasteiger partial charge in [0.05, 0.1) is 5.92 Å². The predicted octanol–water partition coefficient (Wildman–Crippen LogP) is 4.39. The first kappa shape index (κ1) is 15.1. The van der Waals surface area contributed by atoms with Gasteiger partial charge in [-0.1, -0.05) is 51.1 Å². The molecule has 3 unspecified atom stereocenters. The molecule has 0 aromatic heterocycles. The van der Waals surface area contributed by atoms with Crippen molar-refractivity contribution >= 4 is 5.97 Å². The van der Waals surface area contributed by atoms with Crippen LogP contribution in [-0.2, 0) is 11.2 Å². The third kappa shape index (κ3) is 3.62. The molecule has 1 aliphatic rings. The molecule has 1 fully saturated rings. The Hall–Kier alpha value is -1.31. The zero-order valence-corrected chi connectivity index (χ0v) is 12.8. The van der Waals surface area contributed by atoms with Crippen LogP contribution in [0.2, 0.25) is 0 Å². The molecule has 1 aromatic carbocycles. The highest BCUT2D eigenvalue weighted by Gasteiger charge is 2.38. The van der Waals surface area contributed by atoms with E-state index in [2.05, 4.69) is 32.9 Å². The number of hydrogen-bond acceptors (Lipinski definition) is 1. The Balaban J connectivity index is 2.13. The van der Waals surface area contributed by atoms with Gasteiger partial charge in [-0.25, -0.2) is 0 Å². The van der Waals surface area contributed by atoms with Crippen LogP contribution in [0.25, 0.3) is 0 Å². The molecule has 1 N–H and O–H groups in total. The second kappa shape index (κ2) is 5.99. The van der Waals surface area contributed by atoms with E-state index in [1.54, 1.807) is 0 Å². The molecule has 110 valence electrons. The number of benzene rings is 1. The summed E-state index contributed by atoms with van der Waals surface area (Å²) in [6.07, 6.45) is 3.81. The molecule has 0 bridgehead atoms. The summed E-state index contributed by atoms with van der Waals surface area (Å²) in [7, 11) is 0. The van der Waals surface area contributed by atoms with Gasteiger partial charge in [0.25, 0.3) is 0 Å². The van der Waals surface area contributed by atoms with Crippen molar-refractivity contribution in [1.82, 2.24) is 0 Å². The highest BCUT2D eigenvalue weighted by Crippen LogP contribution is 2.43. The summed E-state index contributed by atoms with van der Waals surface area (Å²) < 4.78 is 0. The van der Waals surface area contributed by atoms with E-state index in [-0.39, 0.29) is 17.3 Å². The van der Waals surface area contributed by atoms with Crippen LogP contribution in [0.1, 0.15) is 45.6 Å². The van der Waals surface area contributed by atoms with E-state index in [0.717, 1.165) is 25.7 Å². The van der Waals surface area contributed by atoms with Crippen molar-refractivity contribution < 1.29 is 9.90 Å². The monoisotopic (exact) mass is 274 g/mol. The fraction of sp³-hybridized carbons (Fsp3) is 0.611. The Morgan fingerprint density at radius 2 is 1.85 bits per heavy atom. The van der Waals surface area contributed by atoms with Gasteiger partial charge in [-0.2, -0.15) is 0 Å². The summed E-state index contributed by atoms with van der Waals surface area (Å²) in [5.41, 5.74) is 1.54. The van der Waals surface area contributed by atoms with Crippen molar-refractivity contribution in [2.75, 3.05) is 0 Å². The standard InChI is InChI=1S/C18H26O2/c1-18(2,3)15-9-10-16(17(19)20)14(12-15)11-13-7-5-4-6-8-13/h4-8,14-16H,9-12H2,1-3H3,(H,19,20). The number of hydrogen-bond donors (Lipinski definition) is 1.